The molecule has 8 heteroatoms. The summed E-state index contributed by atoms with van der Waals surface area (Å²) < 4.78 is 27.2. The van der Waals surface area contributed by atoms with E-state index < -0.39 is 19.9 Å². The second kappa shape index (κ2) is 10.2. The number of rotatable bonds is 12. The lowest BCUT2D eigenvalue weighted by Crippen LogP contribution is -2.35. The fourth-order valence-corrected chi connectivity index (χ4v) is 2.77. The van der Waals surface area contributed by atoms with E-state index in [1.807, 2.05) is 0 Å². The van der Waals surface area contributed by atoms with Gasteiger partial charge in [-0.05, 0) is 26.7 Å². The molecule has 7 nitrogen and oxygen atoms in total. The summed E-state index contributed by atoms with van der Waals surface area (Å²) in [6, 6.07) is 0. The standard InChI is InChI=1S/C15H30NO6P/c1-7-21-23(18,19)22-14(9-8-11-16(4,5)6)10-12-20-15(17)13(2)3/h14H,2,7-12H2,1,3-6H3. The first kappa shape index (κ1) is 22.3. The lowest BCUT2D eigenvalue weighted by atomic mass is 10.1. The molecular weight excluding hydrogens is 321 g/mol. The third-order valence-corrected chi connectivity index (χ3v) is 4.07. The maximum atomic E-state index is 11.7. The van der Waals surface area contributed by atoms with Crippen LogP contribution in [0.1, 0.15) is 33.1 Å². The van der Waals surface area contributed by atoms with Gasteiger partial charge in [-0.2, -0.15) is 0 Å². The highest BCUT2D eigenvalue weighted by atomic mass is 31.2. The summed E-state index contributed by atoms with van der Waals surface area (Å²) in [6.45, 7) is 7.60. The Morgan fingerprint density at radius 1 is 1.30 bits per heavy atom. The number of esters is 1. The molecule has 0 radical (unpaired) electrons. The number of hydrogen-bond acceptors (Lipinski definition) is 6. The van der Waals surface area contributed by atoms with E-state index in [0.29, 0.717) is 12.0 Å². The fraction of sp³-hybridized carbons (Fsp3) is 0.800. The van der Waals surface area contributed by atoms with Crippen molar-refractivity contribution in [2.24, 2.45) is 0 Å². The van der Waals surface area contributed by atoms with Gasteiger partial charge in [0.2, 0.25) is 0 Å². The van der Waals surface area contributed by atoms with Gasteiger partial charge in [0.05, 0.1) is 47.0 Å². The van der Waals surface area contributed by atoms with E-state index in [-0.39, 0.29) is 19.6 Å². The van der Waals surface area contributed by atoms with Crippen LogP contribution in [0.4, 0.5) is 0 Å². The molecule has 136 valence electrons. The van der Waals surface area contributed by atoms with Gasteiger partial charge < -0.3 is 23.2 Å². The molecule has 0 spiro atoms. The molecular formula is C15H30NO6P. The Bertz CT molecular complexity index is 432. The highest BCUT2D eigenvalue weighted by Gasteiger charge is 2.20. The van der Waals surface area contributed by atoms with Crippen LogP contribution in [0.5, 0.6) is 0 Å². The molecule has 0 N–H and O–H groups in total. The van der Waals surface area contributed by atoms with Crippen molar-refractivity contribution in [1.29, 1.82) is 0 Å². The van der Waals surface area contributed by atoms with E-state index in [9.17, 15) is 14.3 Å². The Morgan fingerprint density at radius 2 is 1.91 bits per heavy atom. The predicted octanol–water partition coefficient (Wildman–Crippen LogP) is 1.87. The van der Waals surface area contributed by atoms with Crippen LogP contribution in [0, 0.1) is 0 Å². The molecule has 0 amide bonds. The van der Waals surface area contributed by atoms with E-state index in [1.165, 1.54) is 0 Å². The zero-order valence-corrected chi connectivity index (χ0v) is 15.8. The summed E-state index contributed by atoms with van der Waals surface area (Å²) in [6.07, 6.45) is 1.04. The van der Waals surface area contributed by atoms with Gasteiger partial charge in [-0.25, -0.2) is 4.79 Å². The van der Waals surface area contributed by atoms with Gasteiger partial charge in [0, 0.05) is 12.0 Å². The number of carbonyl (C=O) groups is 1. The van der Waals surface area contributed by atoms with Gasteiger partial charge in [-0.3, -0.25) is 4.57 Å². The van der Waals surface area contributed by atoms with Crippen LogP contribution in [0.2, 0.25) is 0 Å². The maximum absolute atomic E-state index is 11.7. The van der Waals surface area contributed by atoms with Crippen LogP contribution < -0.4 is 4.89 Å². The summed E-state index contributed by atoms with van der Waals surface area (Å²) in [5, 5.41) is 0. The van der Waals surface area contributed by atoms with E-state index in [0.717, 1.165) is 17.4 Å². The Labute approximate surface area is 139 Å². The van der Waals surface area contributed by atoms with Gasteiger partial charge in [0.1, 0.15) is 0 Å². The van der Waals surface area contributed by atoms with E-state index in [4.69, 9.17) is 9.26 Å². The summed E-state index contributed by atoms with van der Waals surface area (Å²) in [5.41, 5.74) is 0.302. The molecule has 2 unspecified atom stereocenters. The molecule has 0 rings (SSSR count). The smallest absolute Gasteiger partial charge is 0.333 e. The summed E-state index contributed by atoms with van der Waals surface area (Å²) in [7, 11) is 1.85. The van der Waals surface area contributed by atoms with Crippen LogP contribution in [0.25, 0.3) is 0 Å². The van der Waals surface area contributed by atoms with Crippen molar-refractivity contribution in [2.45, 2.75) is 39.2 Å². The number of ether oxygens (including phenoxy) is 1. The minimum atomic E-state index is -4.33. The first-order valence-electron chi connectivity index (χ1n) is 7.74. The van der Waals surface area contributed by atoms with Crippen molar-refractivity contribution in [2.75, 3.05) is 40.9 Å². The number of nitrogens with zero attached hydrogens (tertiary/aromatic N) is 1. The highest BCUT2D eigenvalue weighted by Crippen LogP contribution is 2.41. The van der Waals surface area contributed by atoms with Crippen LogP contribution in [0.3, 0.4) is 0 Å². The molecule has 0 heterocycles. The summed E-state index contributed by atoms with van der Waals surface area (Å²) in [4.78, 5) is 23.0. The van der Waals surface area contributed by atoms with Crippen molar-refractivity contribution in [3.63, 3.8) is 0 Å². The number of phosphoric acid groups is 1. The predicted molar refractivity (Wildman–Crippen MR) is 86.6 cm³/mol. The Kier molecular flexibility index (Phi) is 9.89. The van der Waals surface area contributed by atoms with E-state index in [2.05, 4.69) is 32.2 Å². The zero-order chi connectivity index (χ0) is 18.1. The summed E-state index contributed by atoms with van der Waals surface area (Å²) >= 11 is 0. The zero-order valence-electron chi connectivity index (χ0n) is 14.9. The number of phosphoric ester groups is 1. The van der Waals surface area contributed by atoms with Gasteiger partial charge in [-0.15, -0.1) is 0 Å². The van der Waals surface area contributed by atoms with E-state index in [1.54, 1.807) is 13.8 Å². The van der Waals surface area contributed by atoms with Gasteiger partial charge >= 0.3 is 5.97 Å². The van der Waals surface area contributed by atoms with E-state index >= 15 is 0 Å². The topological polar surface area (TPSA) is 84.9 Å². The monoisotopic (exact) mass is 351 g/mol. The quantitative estimate of drug-likeness (QED) is 0.231. The third-order valence-electron chi connectivity index (χ3n) is 2.94. The SMILES string of the molecule is C=C(C)C(=O)OCCC(CCC[N+](C)(C)C)OP(=O)([O-])OCC. The first-order valence-corrected chi connectivity index (χ1v) is 9.20. The molecule has 0 aromatic rings. The maximum Gasteiger partial charge on any atom is 0.333 e. The van der Waals surface area contributed by atoms with Crippen molar-refractivity contribution < 1.29 is 32.5 Å². The molecule has 0 bridgehead atoms. The molecule has 0 aliphatic heterocycles. The lowest BCUT2D eigenvalue weighted by molar-refractivity contribution is -0.870. The molecule has 0 fully saturated rings. The van der Waals surface area contributed by atoms with Crippen molar-refractivity contribution in [1.82, 2.24) is 0 Å². The van der Waals surface area contributed by atoms with Crippen LogP contribution in [-0.4, -0.2) is 57.5 Å². The number of hydrogen-bond donors (Lipinski definition) is 0. The van der Waals surface area contributed by atoms with Gasteiger partial charge in [0.15, 0.2) is 0 Å². The fourth-order valence-electron chi connectivity index (χ4n) is 1.82. The first-order chi connectivity index (χ1) is 10.5. The largest absolute Gasteiger partial charge is 0.756 e. The lowest BCUT2D eigenvalue weighted by Gasteiger charge is -2.29. The normalized spacial score (nSPS) is 15.7. The third kappa shape index (κ3) is 12.4. The molecule has 2 atom stereocenters. The average Bonchev–Trinajstić information content (AvgIpc) is 2.35. The summed E-state index contributed by atoms with van der Waals surface area (Å²) in [5.74, 6) is -0.495. The second-order valence-electron chi connectivity index (χ2n) is 6.45. The molecule has 23 heavy (non-hydrogen) atoms. The molecule has 0 aromatic heterocycles. The van der Waals surface area contributed by atoms with Crippen molar-refractivity contribution in [3.05, 3.63) is 12.2 Å². The van der Waals surface area contributed by atoms with Crippen LogP contribution >= 0.6 is 7.82 Å². The molecule has 0 aromatic carbocycles. The Morgan fingerprint density at radius 3 is 2.39 bits per heavy atom. The highest BCUT2D eigenvalue weighted by molar-refractivity contribution is 7.45. The molecule has 0 saturated heterocycles. The van der Waals surface area contributed by atoms with Crippen molar-refractivity contribution in [3.8, 4) is 0 Å². The molecule has 0 aliphatic rings. The number of quaternary nitrogens is 1. The second-order valence-corrected chi connectivity index (χ2v) is 7.82. The van der Waals surface area contributed by atoms with Crippen LogP contribution in [0.15, 0.2) is 12.2 Å². The molecule has 0 aliphatic carbocycles. The average molecular weight is 351 g/mol. The Balaban J connectivity index is 4.51. The van der Waals surface area contributed by atoms with Gasteiger partial charge in [0.25, 0.3) is 7.82 Å². The molecule has 0 saturated carbocycles. The number of carbonyl (C=O) groups excluding carboxylic acids is 1. The van der Waals surface area contributed by atoms with Crippen LogP contribution in [-0.2, 0) is 23.1 Å². The Hall–Kier alpha value is -0.720. The van der Waals surface area contributed by atoms with Crippen molar-refractivity contribution >= 4 is 13.8 Å². The minimum absolute atomic E-state index is 0.0248. The minimum Gasteiger partial charge on any atom is -0.756 e. The van der Waals surface area contributed by atoms with Gasteiger partial charge in [-0.1, -0.05) is 6.58 Å².